The van der Waals surface area contributed by atoms with Gasteiger partial charge in [-0.1, -0.05) is 6.07 Å². The fraction of sp³-hybridized carbons (Fsp3) is 0.200. The summed E-state index contributed by atoms with van der Waals surface area (Å²) in [6.07, 6.45) is 0. The van der Waals surface area contributed by atoms with Gasteiger partial charge in [0.2, 0.25) is 5.89 Å². The molecule has 0 radical (unpaired) electrons. The molecule has 16 heavy (non-hydrogen) atoms. The van der Waals surface area contributed by atoms with Gasteiger partial charge in [0, 0.05) is 0 Å². The van der Waals surface area contributed by atoms with Crippen molar-refractivity contribution in [2.75, 3.05) is 0 Å². The van der Waals surface area contributed by atoms with E-state index in [0.29, 0.717) is 5.56 Å². The Kier molecular flexibility index (Phi) is 2.87. The van der Waals surface area contributed by atoms with Crippen LogP contribution in [-0.2, 0) is 5.88 Å². The Morgan fingerprint density at radius 2 is 2.06 bits per heavy atom. The molecule has 0 aliphatic carbocycles. The number of benzene rings is 1. The van der Waals surface area contributed by atoms with Gasteiger partial charge in [0.1, 0.15) is 23.1 Å². The molecule has 0 spiro atoms. The van der Waals surface area contributed by atoms with Crippen molar-refractivity contribution in [3.8, 4) is 11.5 Å². The van der Waals surface area contributed by atoms with E-state index in [1.54, 1.807) is 0 Å². The SMILES string of the molecule is Cc1ccc(F)c(-c2nnc(CCl)o2)c1F. The predicted octanol–water partition coefficient (Wildman–Crippen LogP) is 3.06. The Balaban J connectivity index is 2.58. The van der Waals surface area contributed by atoms with E-state index < -0.39 is 11.6 Å². The maximum Gasteiger partial charge on any atom is 0.253 e. The van der Waals surface area contributed by atoms with Gasteiger partial charge in [0.15, 0.2) is 0 Å². The van der Waals surface area contributed by atoms with Crippen LogP contribution >= 0.6 is 11.6 Å². The quantitative estimate of drug-likeness (QED) is 0.762. The molecule has 1 aromatic heterocycles. The summed E-state index contributed by atoms with van der Waals surface area (Å²) in [5, 5.41) is 7.08. The molecule has 0 aliphatic rings. The van der Waals surface area contributed by atoms with Crippen molar-refractivity contribution in [3.05, 3.63) is 35.2 Å². The molecule has 0 saturated carbocycles. The van der Waals surface area contributed by atoms with Gasteiger partial charge in [-0.3, -0.25) is 0 Å². The second-order valence-electron chi connectivity index (χ2n) is 3.19. The van der Waals surface area contributed by atoms with Crippen LogP contribution in [0.2, 0.25) is 0 Å². The molecule has 0 aliphatic heterocycles. The van der Waals surface area contributed by atoms with Crippen LogP contribution in [0.25, 0.3) is 11.5 Å². The standard InChI is InChI=1S/C10H7ClF2N2O/c1-5-2-3-6(12)8(9(5)13)10-15-14-7(4-11)16-10/h2-3H,4H2,1H3. The molecule has 1 aromatic carbocycles. The van der Waals surface area contributed by atoms with Crippen molar-refractivity contribution in [3.63, 3.8) is 0 Å². The van der Waals surface area contributed by atoms with Gasteiger partial charge in [0.25, 0.3) is 5.89 Å². The average molecular weight is 245 g/mol. The largest absolute Gasteiger partial charge is 0.419 e. The summed E-state index contributed by atoms with van der Waals surface area (Å²) in [4.78, 5) is 0. The van der Waals surface area contributed by atoms with Gasteiger partial charge in [-0.2, -0.15) is 0 Å². The molecule has 0 atom stereocenters. The second-order valence-corrected chi connectivity index (χ2v) is 3.46. The lowest BCUT2D eigenvalue weighted by Gasteiger charge is -2.02. The van der Waals surface area contributed by atoms with Gasteiger partial charge < -0.3 is 4.42 Å². The second kappa shape index (κ2) is 4.17. The third kappa shape index (κ3) is 1.78. The van der Waals surface area contributed by atoms with E-state index in [4.69, 9.17) is 16.0 Å². The first kappa shape index (κ1) is 11.0. The van der Waals surface area contributed by atoms with Gasteiger partial charge in [-0.15, -0.1) is 21.8 Å². The van der Waals surface area contributed by atoms with E-state index in [0.717, 1.165) is 6.07 Å². The Hall–Kier alpha value is -1.49. The normalized spacial score (nSPS) is 10.8. The monoisotopic (exact) mass is 244 g/mol. The van der Waals surface area contributed by atoms with Gasteiger partial charge >= 0.3 is 0 Å². The third-order valence-electron chi connectivity index (χ3n) is 2.08. The number of rotatable bonds is 2. The molecule has 0 N–H and O–H groups in total. The highest BCUT2D eigenvalue weighted by molar-refractivity contribution is 6.16. The minimum atomic E-state index is -0.743. The van der Waals surface area contributed by atoms with Crippen LogP contribution in [-0.4, -0.2) is 10.2 Å². The Morgan fingerprint density at radius 3 is 2.69 bits per heavy atom. The fourth-order valence-corrected chi connectivity index (χ4v) is 1.37. The summed E-state index contributed by atoms with van der Waals surface area (Å²) in [5.74, 6) is -1.52. The topological polar surface area (TPSA) is 38.9 Å². The summed E-state index contributed by atoms with van der Waals surface area (Å²) in [6.45, 7) is 1.52. The van der Waals surface area contributed by atoms with E-state index in [-0.39, 0.29) is 23.2 Å². The highest BCUT2D eigenvalue weighted by atomic mass is 35.5. The first-order valence-electron chi connectivity index (χ1n) is 4.46. The van der Waals surface area contributed by atoms with Crippen LogP contribution in [0, 0.1) is 18.6 Å². The zero-order valence-electron chi connectivity index (χ0n) is 8.30. The lowest BCUT2D eigenvalue weighted by Crippen LogP contribution is -1.93. The summed E-state index contributed by atoms with van der Waals surface area (Å²) in [5.41, 5.74) is -0.00844. The van der Waals surface area contributed by atoms with Crippen LogP contribution in [0.3, 0.4) is 0 Å². The molecule has 0 saturated heterocycles. The van der Waals surface area contributed by atoms with E-state index in [2.05, 4.69) is 10.2 Å². The summed E-state index contributed by atoms with van der Waals surface area (Å²) >= 11 is 5.45. The van der Waals surface area contributed by atoms with Crippen molar-refractivity contribution < 1.29 is 13.2 Å². The molecule has 2 rings (SSSR count). The average Bonchev–Trinajstić information content (AvgIpc) is 2.73. The minimum Gasteiger partial charge on any atom is -0.419 e. The van der Waals surface area contributed by atoms with E-state index in [1.807, 2.05) is 0 Å². The molecular formula is C10H7ClF2N2O. The lowest BCUT2D eigenvalue weighted by molar-refractivity contribution is 0.510. The van der Waals surface area contributed by atoms with E-state index in [9.17, 15) is 8.78 Å². The number of hydrogen-bond donors (Lipinski definition) is 0. The smallest absolute Gasteiger partial charge is 0.253 e. The van der Waals surface area contributed by atoms with Crippen LogP contribution in [0.1, 0.15) is 11.5 Å². The molecule has 3 nitrogen and oxygen atoms in total. The Labute approximate surface area is 95.1 Å². The Morgan fingerprint density at radius 1 is 1.31 bits per heavy atom. The molecule has 0 unspecified atom stereocenters. The first-order chi connectivity index (χ1) is 7.63. The van der Waals surface area contributed by atoms with Gasteiger partial charge in [-0.25, -0.2) is 8.78 Å². The summed E-state index contributed by atoms with van der Waals surface area (Å²) in [6, 6.07) is 2.49. The van der Waals surface area contributed by atoms with E-state index >= 15 is 0 Å². The van der Waals surface area contributed by atoms with Gasteiger partial charge in [-0.05, 0) is 18.6 Å². The van der Waals surface area contributed by atoms with Crippen molar-refractivity contribution in [1.29, 1.82) is 0 Å². The van der Waals surface area contributed by atoms with E-state index in [1.165, 1.54) is 13.0 Å². The number of hydrogen-bond acceptors (Lipinski definition) is 3. The number of aromatic nitrogens is 2. The molecule has 0 amide bonds. The van der Waals surface area contributed by atoms with Crippen LogP contribution < -0.4 is 0 Å². The zero-order valence-corrected chi connectivity index (χ0v) is 9.05. The maximum atomic E-state index is 13.7. The fourth-order valence-electron chi connectivity index (χ4n) is 1.26. The first-order valence-corrected chi connectivity index (χ1v) is 5.00. The van der Waals surface area contributed by atoms with Crippen molar-refractivity contribution in [1.82, 2.24) is 10.2 Å². The molecule has 0 bridgehead atoms. The number of halogens is 3. The van der Waals surface area contributed by atoms with Gasteiger partial charge in [0.05, 0.1) is 0 Å². The molecule has 2 aromatic rings. The maximum absolute atomic E-state index is 13.7. The highest BCUT2D eigenvalue weighted by Crippen LogP contribution is 2.27. The third-order valence-corrected chi connectivity index (χ3v) is 2.31. The number of aryl methyl sites for hydroxylation is 1. The molecular weight excluding hydrogens is 238 g/mol. The predicted molar refractivity (Wildman–Crippen MR) is 53.9 cm³/mol. The van der Waals surface area contributed by atoms with Crippen LogP contribution in [0.5, 0.6) is 0 Å². The molecule has 6 heteroatoms. The van der Waals surface area contributed by atoms with Crippen LogP contribution in [0.4, 0.5) is 8.78 Å². The Bertz CT molecular complexity index is 528. The summed E-state index contributed by atoms with van der Waals surface area (Å²) < 4.78 is 32.1. The molecule has 0 fully saturated rings. The number of nitrogens with zero attached hydrogens (tertiary/aromatic N) is 2. The molecule has 1 heterocycles. The van der Waals surface area contributed by atoms with Crippen LogP contribution in [0.15, 0.2) is 16.5 Å². The highest BCUT2D eigenvalue weighted by Gasteiger charge is 2.19. The lowest BCUT2D eigenvalue weighted by atomic mass is 10.1. The minimum absolute atomic E-state index is 0.00204. The molecule has 84 valence electrons. The van der Waals surface area contributed by atoms with Crippen molar-refractivity contribution >= 4 is 11.6 Å². The van der Waals surface area contributed by atoms with Crippen molar-refractivity contribution in [2.24, 2.45) is 0 Å². The summed E-state index contributed by atoms with van der Waals surface area (Å²) in [7, 11) is 0. The zero-order chi connectivity index (χ0) is 11.7. The van der Waals surface area contributed by atoms with Crippen molar-refractivity contribution in [2.45, 2.75) is 12.8 Å². The number of alkyl halides is 1.